The van der Waals surface area contributed by atoms with Gasteiger partial charge in [-0.3, -0.25) is 4.99 Å². The van der Waals surface area contributed by atoms with Crippen molar-refractivity contribution in [2.24, 2.45) is 4.99 Å². The number of guanidine groups is 1. The first-order valence-electron chi connectivity index (χ1n) is 7.00. The molecule has 0 aromatic heterocycles. The van der Waals surface area contributed by atoms with Gasteiger partial charge in [0.15, 0.2) is 5.96 Å². The van der Waals surface area contributed by atoms with Crippen molar-refractivity contribution >= 4 is 41.7 Å². The van der Waals surface area contributed by atoms with Gasteiger partial charge in [-0.2, -0.15) is 11.8 Å². The van der Waals surface area contributed by atoms with Crippen molar-refractivity contribution in [2.45, 2.75) is 6.42 Å². The fourth-order valence-corrected chi connectivity index (χ4v) is 1.94. The van der Waals surface area contributed by atoms with Gasteiger partial charge < -0.3 is 20.1 Å². The quantitative estimate of drug-likeness (QED) is 0.268. The molecule has 1 aromatic rings. The number of nitrogens with one attached hydrogen (secondary N) is 2. The van der Waals surface area contributed by atoms with Crippen LogP contribution in [-0.4, -0.2) is 51.8 Å². The molecule has 0 amide bonds. The molecule has 22 heavy (non-hydrogen) atoms. The maximum absolute atomic E-state index is 5.66. The Hall–Kier alpha value is -0.830. The highest BCUT2D eigenvalue weighted by Crippen LogP contribution is 2.16. The smallest absolute Gasteiger partial charge is 0.191 e. The number of ether oxygens (including phenoxy) is 2. The molecule has 0 fully saturated rings. The van der Waals surface area contributed by atoms with Crippen molar-refractivity contribution in [3.63, 3.8) is 0 Å². The minimum atomic E-state index is 0. The molecule has 0 heterocycles. The standard InChI is InChI=1S/C15H25N3O2S.HI/c1-16-15(18-10-12-21-3)17-9-4-11-20-14-7-5-13(19-2)6-8-14;/h5-8H,4,9-12H2,1-3H3,(H2,16,17,18);1H. The summed E-state index contributed by atoms with van der Waals surface area (Å²) in [4.78, 5) is 4.17. The van der Waals surface area contributed by atoms with Crippen molar-refractivity contribution in [2.75, 3.05) is 45.9 Å². The largest absolute Gasteiger partial charge is 0.497 e. The maximum atomic E-state index is 5.66. The van der Waals surface area contributed by atoms with E-state index in [1.165, 1.54) is 0 Å². The number of nitrogens with zero attached hydrogens (tertiary/aromatic N) is 1. The Kier molecular flexibility index (Phi) is 13.3. The highest BCUT2D eigenvalue weighted by atomic mass is 127. The first kappa shape index (κ1) is 21.2. The molecule has 0 saturated carbocycles. The van der Waals surface area contributed by atoms with Gasteiger partial charge in [0, 0.05) is 25.9 Å². The average molecular weight is 439 g/mol. The summed E-state index contributed by atoms with van der Waals surface area (Å²) in [6.45, 7) is 2.42. The van der Waals surface area contributed by atoms with Gasteiger partial charge in [0.05, 0.1) is 13.7 Å². The Morgan fingerprint density at radius 2 is 1.77 bits per heavy atom. The minimum absolute atomic E-state index is 0. The molecule has 0 atom stereocenters. The van der Waals surface area contributed by atoms with Gasteiger partial charge in [-0.15, -0.1) is 24.0 Å². The number of methoxy groups -OCH3 is 1. The Morgan fingerprint density at radius 1 is 1.14 bits per heavy atom. The third-order valence-electron chi connectivity index (χ3n) is 2.76. The second kappa shape index (κ2) is 13.8. The van der Waals surface area contributed by atoms with Crippen LogP contribution >= 0.6 is 35.7 Å². The summed E-state index contributed by atoms with van der Waals surface area (Å²) in [6, 6.07) is 7.61. The molecule has 7 heteroatoms. The number of hydrogen-bond acceptors (Lipinski definition) is 4. The van der Waals surface area contributed by atoms with E-state index in [1.54, 1.807) is 14.2 Å². The molecule has 0 aliphatic rings. The van der Waals surface area contributed by atoms with Crippen LogP contribution in [0.3, 0.4) is 0 Å². The summed E-state index contributed by atoms with van der Waals surface area (Å²) in [5, 5.41) is 6.52. The zero-order valence-corrected chi connectivity index (χ0v) is 16.6. The Morgan fingerprint density at radius 3 is 2.36 bits per heavy atom. The number of rotatable bonds is 9. The molecule has 0 saturated heterocycles. The van der Waals surface area contributed by atoms with Crippen LogP contribution in [0.2, 0.25) is 0 Å². The predicted octanol–water partition coefficient (Wildman–Crippen LogP) is 2.61. The zero-order valence-electron chi connectivity index (χ0n) is 13.4. The topological polar surface area (TPSA) is 54.9 Å². The van der Waals surface area contributed by atoms with Crippen molar-refractivity contribution in [1.82, 2.24) is 10.6 Å². The minimum Gasteiger partial charge on any atom is -0.497 e. The first-order chi connectivity index (χ1) is 10.3. The van der Waals surface area contributed by atoms with E-state index in [4.69, 9.17) is 9.47 Å². The Bertz CT molecular complexity index is 416. The normalized spacial score (nSPS) is 10.6. The lowest BCUT2D eigenvalue weighted by atomic mass is 10.3. The fraction of sp³-hybridized carbons (Fsp3) is 0.533. The molecule has 126 valence electrons. The molecule has 0 spiro atoms. The lowest BCUT2D eigenvalue weighted by Crippen LogP contribution is -2.39. The molecule has 1 aromatic carbocycles. The number of aliphatic imine (C=N–C) groups is 1. The molecule has 0 aliphatic carbocycles. The number of benzene rings is 1. The van der Waals surface area contributed by atoms with Gasteiger partial charge >= 0.3 is 0 Å². The third kappa shape index (κ3) is 9.24. The van der Waals surface area contributed by atoms with E-state index < -0.39 is 0 Å². The van der Waals surface area contributed by atoms with Gasteiger partial charge in [0.1, 0.15) is 11.5 Å². The van der Waals surface area contributed by atoms with Crippen molar-refractivity contribution in [1.29, 1.82) is 0 Å². The fourth-order valence-electron chi connectivity index (χ4n) is 1.63. The molecular weight excluding hydrogens is 413 g/mol. The molecular formula is C15H26IN3O2S. The van der Waals surface area contributed by atoms with Gasteiger partial charge in [-0.05, 0) is 36.9 Å². The van der Waals surface area contributed by atoms with Crippen LogP contribution in [0.1, 0.15) is 6.42 Å². The van der Waals surface area contributed by atoms with E-state index in [1.807, 2.05) is 36.0 Å². The number of hydrogen-bond donors (Lipinski definition) is 2. The first-order valence-corrected chi connectivity index (χ1v) is 8.40. The SMILES string of the molecule is CN=C(NCCCOc1ccc(OC)cc1)NCCSC.I. The van der Waals surface area contributed by atoms with Gasteiger partial charge in [0.25, 0.3) is 0 Å². The summed E-state index contributed by atoms with van der Waals surface area (Å²) in [6.07, 6.45) is 3.00. The summed E-state index contributed by atoms with van der Waals surface area (Å²) in [7, 11) is 3.43. The third-order valence-corrected chi connectivity index (χ3v) is 3.38. The van der Waals surface area contributed by atoms with Crippen molar-refractivity contribution < 1.29 is 9.47 Å². The Labute approximate surface area is 154 Å². The molecule has 5 nitrogen and oxygen atoms in total. The summed E-state index contributed by atoms with van der Waals surface area (Å²) in [5.41, 5.74) is 0. The van der Waals surface area contributed by atoms with E-state index in [9.17, 15) is 0 Å². The second-order valence-corrected chi connectivity index (χ2v) is 5.28. The summed E-state index contributed by atoms with van der Waals surface area (Å²) < 4.78 is 10.8. The maximum Gasteiger partial charge on any atom is 0.191 e. The summed E-state index contributed by atoms with van der Waals surface area (Å²) >= 11 is 1.81. The lowest BCUT2D eigenvalue weighted by molar-refractivity contribution is 0.310. The molecule has 1 rings (SSSR count). The highest BCUT2D eigenvalue weighted by molar-refractivity contribution is 14.0. The van der Waals surface area contributed by atoms with E-state index >= 15 is 0 Å². The Balaban J connectivity index is 0.00000441. The van der Waals surface area contributed by atoms with E-state index in [-0.39, 0.29) is 24.0 Å². The van der Waals surface area contributed by atoms with Crippen LogP contribution in [0, 0.1) is 0 Å². The molecule has 0 unspecified atom stereocenters. The van der Waals surface area contributed by atoms with Crippen LogP contribution < -0.4 is 20.1 Å². The lowest BCUT2D eigenvalue weighted by Gasteiger charge is -2.11. The number of thioether (sulfide) groups is 1. The highest BCUT2D eigenvalue weighted by Gasteiger charge is 1.97. The van der Waals surface area contributed by atoms with E-state index in [0.29, 0.717) is 6.61 Å². The monoisotopic (exact) mass is 439 g/mol. The van der Waals surface area contributed by atoms with Crippen LogP contribution in [0.5, 0.6) is 11.5 Å². The van der Waals surface area contributed by atoms with E-state index in [2.05, 4.69) is 21.9 Å². The molecule has 0 bridgehead atoms. The number of halogens is 1. The molecule has 0 radical (unpaired) electrons. The second-order valence-electron chi connectivity index (χ2n) is 4.30. The van der Waals surface area contributed by atoms with Crippen LogP contribution in [-0.2, 0) is 0 Å². The van der Waals surface area contributed by atoms with Crippen LogP contribution in [0.15, 0.2) is 29.3 Å². The van der Waals surface area contributed by atoms with Crippen LogP contribution in [0.25, 0.3) is 0 Å². The van der Waals surface area contributed by atoms with E-state index in [0.717, 1.165) is 42.7 Å². The van der Waals surface area contributed by atoms with Crippen molar-refractivity contribution in [3.05, 3.63) is 24.3 Å². The van der Waals surface area contributed by atoms with Crippen molar-refractivity contribution in [3.8, 4) is 11.5 Å². The molecule has 0 aliphatic heterocycles. The zero-order chi connectivity index (χ0) is 15.3. The van der Waals surface area contributed by atoms with Gasteiger partial charge in [0.2, 0.25) is 0 Å². The average Bonchev–Trinajstić information content (AvgIpc) is 2.53. The van der Waals surface area contributed by atoms with Gasteiger partial charge in [-0.1, -0.05) is 0 Å². The molecule has 2 N–H and O–H groups in total. The predicted molar refractivity (Wildman–Crippen MR) is 106 cm³/mol. The van der Waals surface area contributed by atoms with Gasteiger partial charge in [-0.25, -0.2) is 0 Å². The summed E-state index contributed by atoms with van der Waals surface area (Å²) in [5.74, 6) is 3.61. The van der Waals surface area contributed by atoms with Crippen LogP contribution in [0.4, 0.5) is 0 Å².